The molecule has 0 spiro atoms. The first-order valence-corrected chi connectivity index (χ1v) is 10.6. The highest BCUT2D eigenvalue weighted by atomic mass is 35.5. The summed E-state index contributed by atoms with van der Waals surface area (Å²) in [6.07, 6.45) is 0. The second kappa shape index (κ2) is 7.31. The maximum absolute atomic E-state index is 13.4. The van der Waals surface area contributed by atoms with E-state index in [1.54, 1.807) is 24.3 Å². The molecule has 2 aromatic carbocycles. The van der Waals surface area contributed by atoms with Gasteiger partial charge in [-0.05, 0) is 43.7 Å². The number of aryl methyl sites for hydroxylation is 1. The Kier molecular flexibility index (Phi) is 5.45. The summed E-state index contributed by atoms with van der Waals surface area (Å²) >= 11 is 5.99. The minimum absolute atomic E-state index is 0.206. The zero-order valence-corrected chi connectivity index (χ0v) is 16.6. The second-order valence-corrected chi connectivity index (χ2v) is 9.39. The van der Waals surface area contributed by atoms with Gasteiger partial charge in [0.15, 0.2) is 9.84 Å². The van der Waals surface area contributed by atoms with E-state index in [2.05, 4.69) is 0 Å². The quantitative estimate of drug-likeness (QED) is 0.780. The molecule has 26 heavy (non-hydrogen) atoms. The molecule has 2 N–H and O–H groups in total. The molecule has 1 aliphatic carbocycles. The fourth-order valence-electron chi connectivity index (χ4n) is 3.76. The summed E-state index contributed by atoms with van der Waals surface area (Å²) < 4.78 is 32.4. The van der Waals surface area contributed by atoms with Crippen molar-refractivity contribution in [1.29, 1.82) is 0 Å². The van der Waals surface area contributed by atoms with Gasteiger partial charge in [0.1, 0.15) is 0 Å². The third-order valence-corrected chi connectivity index (χ3v) is 7.84. The second-order valence-electron chi connectivity index (χ2n) is 6.88. The predicted octanol–water partition coefficient (Wildman–Crippen LogP) is 3.57. The van der Waals surface area contributed by atoms with Gasteiger partial charge in [-0.3, -0.25) is 0 Å². The predicted molar refractivity (Wildman–Crippen MR) is 104 cm³/mol. The fraction of sp³-hybridized carbons (Fsp3) is 0.400. The van der Waals surface area contributed by atoms with Crippen LogP contribution in [0.25, 0.3) is 0 Å². The molecule has 0 aromatic heterocycles. The largest absolute Gasteiger partial charge is 0.381 e. The summed E-state index contributed by atoms with van der Waals surface area (Å²) in [6, 6.07) is 14.3. The lowest BCUT2D eigenvalue weighted by molar-refractivity contribution is 0.101. The molecule has 1 aliphatic rings. The highest BCUT2D eigenvalue weighted by molar-refractivity contribution is 7.92. The summed E-state index contributed by atoms with van der Waals surface area (Å²) in [7, 11) is -3.53. The Bertz CT molecular complexity index is 865. The van der Waals surface area contributed by atoms with Crippen LogP contribution in [0.15, 0.2) is 53.4 Å². The van der Waals surface area contributed by atoms with E-state index in [0.717, 1.165) is 11.1 Å². The SMILES string of the molecule is CCOC[C@@]1(CN)[C@H](c2ccc(Cl)cc2)[C@@H]1S(=O)(=O)c1ccc(C)cc1. The Labute approximate surface area is 160 Å². The van der Waals surface area contributed by atoms with Gasteiger partial charge >= 0.3 is 0 Å². The molecule has 0 saturated heterocycles. The van der Waals surface area contributed by atoms with Crippen molar-refractivity contribution in [3.63, 3.8) is 0 Å². The zero-order chi connectivity index (χ0) is 18.9. The van der Waals surface area contributed by atoms with Crippen molar-refractivity contribution in [3.05, 3.63) is 64.7 Å². The number of hydrogen-bond acceptors (Lipinski definition) is 4. The van der Waals surface area contributed by atoms with Gasteiger partial charge in [0, 0.05) is 29.5 Å². The Hall–Kier alpha value is -1.40. The number of sulfone groups is 1. The van der Waals surface area contributed by atoms with E-state index in [1.807, 2.05) is 38.1 Å². The zero-order valence-electron chi connectivity index (χ0n) is 15.0. The molecule has 0 aliphatic heterocycles. The molecular weight excluding hydrogens is 370 g/mol. The van der Waals surface area contributed by atoms with E-state index in [4.69, 9.17) is 22.1 Å². The van der Waals surface area contributed by atoms with E-state index in [1.165, 1.54) is 0 Å². The molecule has 1 fully saturated rings. The standard InChI is InChI=1S/C20H24ClNO3S/c1-3-25-13-20(12-22)18(15-6-8-16(21)9-7-15)19(20)26(23,24)17-10-4-14(2)5-11-17/h4-11,18-19H,3,12-13,22H2,1-2H3/t18-,19+,20+/m1/s1. The summed E-state index contributed by atoms with van der Waals surface area (Å²) in [6.45, 7) is 4.92. The lowest BCUT2D eigenvalue weighted by Crippen LogP contribution is -2.29. The van der Waals surface area contributed by atoms with Gasteiger partial charge in [0.25, 0.3) is 0 Å². The molecular formula is C20H24ClNO3S. The minimum atomic E-state index is -3.53. The highest BCUT2D eigenvalue weighted by Crippen LogP contribution is 2.63. The Morgan fingerprint density at radius 2 is 1.73 bits per heavy atom. The van der Waals surface area contributed by atoms with Crippen LogP contribution in [0.2, 0.25) is 5.02 Å². The van der Waals surface area contributed by atoms with Crippen LogP contribution >= 0.6 is 11.6 Å². The van der Waals surface area contributed by atoms with Crippen molar-refractivity contribution in [3.8, 4) is 0 Å². The minimum Gasteiger partial charge on any atom is -0.381 e. The first-order chi connectivity index (χ1) is 12.4. The van der Waals surface area contributed by atoms with Crippen LogP contribution in [0.4, 0.5) is 0 Å². The number of benzene rings is 2. The topological polar surface area (TPSA) is 69.4 Å². The van der Waals surface area contributed by atoms with E-state index >= 15 is 0 Å². The maximum atomic E-state index is 13.4. The van der Waals surface area contributed by atoms with Gasteiger partial charge in [-0.15, -0.1) is 0 Å². The summed E-state index contributed by atoms with van der Waals surface area (Å²) in [5, 5.41) is 0.0194. The molecule has 4 nitrogen and oxygen atoms in total. The van der Waals surface area contributed by atoms with E-state index in [-0.39, 0.29) is 12.5 Å². The van der Waals surface area contributed by atoms with Crippen molar-refractivity contribution in [2.45, 2.75) is 29.9 Å². The molecule has 0 radical (unpaired) electrons. The number of hydrogen-bond donors (Lipinski definition) is 1. The van der Waals surface area contributed by atoms with Gasteiger partial charge in [-0.25, -0.2) is 8.42 Å². The van der Waals surface area contributed by atoms with Crippen molar-refractivity contribution in [1.82, 2.24) is 0 Å². The summed E-state index contributed by atoms with van der Waals surface area (Å²) in [5.74, 6) is -0.206. The van der Waals surface area contributed by atoms with Gasteiger partial charge < -0.3 is 10.5 Å². The van der Waals surface area contributed by atoms with Crippen molar-refractivity contribution in [2.75, 3.05) is 19.8 Å². The monoisotopic (exact) mass is 393 g/mol. The number of nitrogens with two attached hydrogens (primary N) is 1. The summed E-state index contributed by atoms with van der Waals surface area (Å²) in [4.78, 5) is 0.332. The van der Waals surface area contributed by atoms with Crippen LogP contribution in [0, 0.1) is 12.3 Å². The average molecular weight is 394 g/mol. The lowest BCUT2D eigenvalue weighted by Gasteiger charge is -2.16. The number of ether oxygens (including phenoxy) is 1. The third-order valence-electron chi connectivity index (χ3n) is 5.25. The molecule has 3 rings (SSSR count). The molecule has 0 unspecified atom stereocenters. The number of halogens is 1. The van der Waals surface area contributed by atoms with Gasteiger partial charge in [0.2, 0.25) is 0 Å². The first kappa shape index (κ1) is 19.4. The molecule has 2 aromatic rings. The number of rotatable bonds is 7. The molecule has 1 saturated carbocycles. The van der Waals surface area contributed by atoms with Crippen LogP contribution < -0.4 is 5.73 Å². The van der Waals surface area contributed by atoms with Crippen LogP contribution in [-0.4, -0.2) is 33.4 Å². The smallest absolute Gasteiger partial charge is 0.182 e. The molecule has 140 valence electrons. The Morgan fingerprint density at radius 3 is 2.27 bits per heavy atom. The summed E-state index contributed by atoms with van der Waals surface area (Å²) in [5.41, 5.74) is 7.42. The highest BCUT2D eigenvalue weighted by Gasteiger charge is 2.70. The first-order valence-electron chi connectivity index (χ1n) is 8.70. The van der Waals surface area contributed by atoms with Crippen LogP contribution in [-0.2, 0) is 14.6 Å². The van der Waals surface area contributed by atoms with E-state index in [0.29, 0.717) is 23.1 Å². The molecule has 0 heterocycles. The third kappa shape index (κ3) is 3.29. The van der Waals surface area contributed by atoms with E-state index < -0.39 is 20.5 Å². The van der Waals surface area contributed by atoms with Gasteiger partial charge in [-0.2, -0.15) is 0 Å². The molecule has 6 heteroatoms. The van der Waals surface area contributed by atoms with Gasteiger partial charge in [-0.1, -0.05) is 41.4 Å². The molecule has 3 atom stereocenters. The van der Waals surface area contributed by atoms with Crippen LogP contribution in [0.3, 0.4) is 0 Å². The lowest BCUT2D eigenvalue weighted by atomic mass is 10.00. The fourth-order valence-corrected chi connectivity index (χ4v) is 6.33. The Balaban J connectivity index is 2.03. The molecule has 0 bridgehead atoms. The average Bonchev–Trinajstić information content (AvgIpc) is 3.31. The van der Waals surface area contributed by atoms with Crippen molar-refractivity contribution in [2.24, 2.45) is 11.1 Å². The Morgan fingerprint density at radius 1 is 1.12 bits per heavy atom. The van der Waals surface area contributed by atoms with Crippen LogP contribution in [0.5, 0.6) is 0 Å². The normalized spacial score (nSPS) is 25.2. The molecule has 0 amide bonds. The van der Waals surface area contributed by atoms with Crippen molar-refractivity contribution < 1.29 is 13.2 Å². The van der Waals surface area contributed by atoms with Crippen molar-refractivity contribution >= 4 is 21.4 Å². The van der Waals surface area contributed by atoms with Gasteiger partial charge in [0.05, 0.1) is 16.8 Å². The van der Waals surface area contributed by atoms with Crippen LogP contribution in [0.1, 0.15) is 24.0 Å². The maximum Gasteiger partial charge on any atom is 0.182 e. The van der Waals surface area contributed by atoms with E-state index in [9.17, 15) is 8.42 Å².